The molecule has 1 rings (SSSR count). The summed E-state index contributed by atoms with van der Waals surface area (Å²) < 4.78 is 5.41. The van der Waals surface area contributed by atoms with Crippen molar-refractivity contribution in [3.05, 3.63) is 35.9 Å². The minimum absolute atomic E-state index is 0.152. The maximum absolute atomic E-state index is 12.1. The van der Waals surface area contributed by atoms with Gasteiger partial charge in [0.2, 0.25) is 0 Å². The van der Waals surface area contributed by atoms with Crippen molar-refractivity contribution in [3.63, 3.8) is 0 Å². The van der Waals surface area contributed by atoms with E-state index in [9.17, 15) is 4.79 Å². The molecule has 0 bridgehead atoms. The smallest absolute Gasteiger partial charge is 0.323 e. The van der Waals surface area contributed by atoms with E-state index in [1.165, 1.54) is 12.8 Å². The van der Waals surface area contributed by atoms with E-state index in [2.05, 4.69) is 12.2 Å². The fourth-order valence-corrected chi connectivity index (χ4v) is 2.04. The molecule has 0 amide bonds. The predicted molar refractivity (Wildman–Crippen MR) is 82.4 cm³/mol. The molecule has 0 spiro atoms. The van der Waals surface area contributed by atoms with Crippen molar-refractivity contribution >= 4 is 5.97 Å². The number of rotatable bonds is 9. The Morgan fingerprint density at radius 1 is 1.20 bits per heavy atom. The van der Waals surface area contributed by atoms with Crippen LogP contribution in [0.2, 0.25) is 0 Å². The van der Waals surface area contributed by atoms with E-state index in [4.69, 9.17) is 4.74 Å². The standard InChI is InChI=1S/C17H27NO2/c1-4-5-9-12-18-16(14(2)3)17(19)20-13-15-10-7-6-8-11-15/h6-8,10-11,14,16,18H,4-5,9,12-13H2,1-3H3/t16-/m0/s1. The van der Waals surface area contributed by atoms with Gasteiger partial charge < -0.3 is 10.1 Å². The van der Waals surface area contributed by atoms with Crippen LogP contribution >= 0.6 is 0 Å². The Morgan fingerprint density at radius 3 is 2.50 bits per heavy atom. The molecule has 0 aliphatic rings. The highest BCUT2D eigenvalue weighted by Crippen LogP contribution is 2.07. The topological polar surface area (TPSA) is 38.3 Å². The molecule has 0 unspecified atom stereocenters. The fraction of sp³-hybridized carbons (Fsp3) is 0.588. The molecule has 1 aromatic rings. The third-order valence-corrected chi connectivity index (χ3v) is 3.29. The normalized spacial score (nSPS) is 12.4. The molecule has 1 N–H and O–H groups in total. The first-order valence-electron chi connectivity index (χ1n) is 7.59. The second kappa shape index (κ2) is 9.54. The lowest BCUT2D eigenvalue weighted by molar-refractivity contribution is -0.148. The van der Waals surface area contributed by atoms with Crippen molar-refractivity contribution in [3.8, 4) is 0 Å². The molecule has 1 aromatic carbocycles. The molecule has 0 radical (unpaired) electrons. The van der Waals surface area contributed by atoms with Gasteiger partial charge in [-0.05, 0) is 24.4 Å². The van der Waals surface area contributed by atoms with Gasteiger partial charge in [-0.1, -0.05) is 63.9 Å². The quantitative estimate of drug-likeness (QED) is 0.554. The Balaban J connectivity index is 2.39. The van der Waals surface area contributed by atoms with Gasteiger partial charge in [-0.3, -0.25) is 4.79 Å². The molecule has 0 saturated heterocycles. The molecule has 20 heavy (non-hydrogen) atoms. The second-order valence-electron chi connectivity index (χ2n) is 5.48. The van der Waals surface area contributed by atoms with Crippen molar-refractivity contribution in [2.75, 3.05) is 6.54 Å². The van der Waals surface area contributed by atoms with E-state index in [0.717, 1.165) is 18.5 Å². The first kappa shape index (κ1) is 16.7. The van der Waals surface area contributed by atoms with Gasteiger partial charge in [-0.2, -0.15) is 0 Å². The third-order valence-electron chi connectivity index (χ3n) is 3.29. The Hall–Kier alpha value is -1.35. The van der Waals surface area contributed by atoms with Crippen LogP contribution in [0.25, 0.3) is 0 Å². The minimum Gasteiger partial charge on any atom is -0.460 e. The highest BCUT2D eigenvalue weighted by atomic mass is 16.5. The number of unbranched alkanes of at least 4 members (excludes halogenated alkanes) is 2. The maximum Gasteiger partial charge on any atom is 0.323 e. The largest absolute Gasteiger partial charge is 0.460 e. The van der Waals surface area contributed by atoms with Crippen LogP contribution in [-0.2, 0) is 16.1 Å². The Labute approximate surface area is 122 Å². The molecular weight excluding hydrogens is 250 g/mol. The van der Waals surface area contributed by atoms with Gasteiger partial charge in [0, 0.05) is 0 Å². The van der Waals surface area contributed by atoms with E-state index >= 15 is 0 Å². The number of benzene rings is 1. The zero-order valence-corrected chi connectivity index (χ0v) is 12.9. The summed E-state index contributed by atoms with van der Waals surface area (Å²) in [6.45, 7) is 7.48. The lowest BCUT2D eigenvalue weighted by Crippen LogP contribution is -2.42. The lowest BCUT2D eigenvalue weighted by atomic mass is 10.0. The van der Waals surface area contributed by atoms with Crippen LogP contribution in [-0.4, -0.2) is 18.6 Å². The van der Waals surface area contributed by atoms with Crippen molar-refractivity contribution in [1.82, 2.24) is 5.32 Å². The predicted octanol–water partition coefficient (Wildman–Crippen LogP) is 3.53. The summed E-state index contributed by atoms with van der Waals surface area (Å²) in [6, 6.07) is 9.57. The average molecular weight is 277 g/mol. The molecule has 0 aliphatic heterocycles. The second-order valence-corrected chi connectivity index (χ2v) is 5.48. The SMILES string of the molecule is CCCCCN[C@H](C(=O)OCc1ccccc1)C(C)C. The molecule has 112 valence electrons. The summed E-state index contributed by atoms with van der Waals surface area (Å²) in [5.41, 5.74) is 1.02. The molecule has 1 atom stereocenters. The highest BCUT2D eigenvalue weighted by molar-refractivity contribution is 5.76. The van der Waals surface area contributed by atoms with Crippen LogP contribution < -0.4 is 5.32 Å². The summed E-state index contributed by atoms with van der Waals surface area (Å²) in [4.78, 5) is 12.1. The van der Waals surface area contributed by atoms with Crippen molar-refractivity contribution in [2.45, 2.75) is 52.7 Å². The van der Waals surface area contributed by atoms with Crippen molar-refractivity contribution in [2.24, 2.45) is 5.92 Å². The monoisotopic (exact) mass is 277 g/mol. The Bertz CT molecular complexity index is 376. The van der Waals surface area contributed by atoms with Gasteiger partial charge in [0.05, 0.1) is 0 Å². The molecule has 3 nitrogen and oxygen atoms in total. The number of carbonyl (C=O) groups excluding carboxylic acids is 1. The summed E-state index contributed by atoms with van der Waals surface area (Å²) in [6.07, 6.45) is 3.48. The molecule has 3 heteroatoms. The number of esters is 1. The van der Waals surface area contributed by atoms with E-state index in [-0.39, 0.29) is 17.9 Å². The number of nitrogens with one attached hydrogen (secondary N) is 1. The van der Waals surface area contributed by atoms with Gasteiger partial charge in [0.25, 0.3) is 0 Å². The maximum atomic E-state index is 12.1. The highest BCUT2D eigenvalue weighted by Gasteiger charge is 2.22. The zero-order valence-electron chi connectivity index (χ0n) is 12.9. The van der Waals surface area contributed by atoms with Crippen LogP contribution in [0.15, 0.2) is 30.3 Å². The van der Waals surface area contributed by atoms with Crippen LogP contribution in [0, 0.1) is 5.92 Å². The fourth-order valence-electron chi connectivity index (χ4n) is 2.04. The van der Waals surface area contributed by atoms with Crippen LogP contribution in [0.5, 0.6) is 0 Å². The molecule has 0 fully saturated rings. The molecule has 0 aliphatic carbocycles. The Kier molecular flexibility index (Phi) is 7.97. The minimum atomic E-state index is -0.212. The van der Waals surface area contributed by atoms with Crippen LogP contribution in [0.1, 0.15) is 45.6 Å². The van der Waals surface area contributed by atoms with Gasteiger partial charge in [-0.15, -0.1) is 0 Å². The third kappa shape index (κ3) is 6.20. The van der Waals surface area contributed by atoms with Gasteiger partial charge in [-0.25, -0.2) is 0 Å². The summed E-state index contributed by atoms with van der Waals surface area (Å²) in [7, 11) is 0. The van der Waals surface area contributed by atoms with E-state index in [1.54, 1.807) is 0 Å². The molecular formula is C17H27NO2. The van der Waals surface area contributed by atoms with Crippen molar-refractivity contribution in [1.29, 1.82) is 0 Å². The number of carbonyl (C=O) groups is 1. The van der Waals surface area contributed by atoms with E-state index in [0.29, 0.717) is 6.61 Å². The number of ether oxygens (including phenoxy) is 1. The number of hydrogen-bond donors (Lipinski definition) is 1. The molecule has 0 saturated carbocycles. The zero-order chi connectivity index (χ0) is 14.8. The van der Waals surface area contributed by atoms with Gasteiger partial charge >= 0.3 is 5.97 Å². The molecule has 0 heterocycles. The first-order chi connectivity index (χ1) is 9.65. The lowest BCUT2D eigenvalue weighted by Gasteiger charge is -2.21. The summed E-state index contributed by atoms with van der Waals surface area (Å²) in [5, 5.41) is 3.32. The van der Waals surface area contributed by atoms with Gasteiger partial charge in [0.1, 0.15) is 12.6 Å². The van der Waals surface area contributed by atoms with E-state index in [1.807, 2.05) is 44.2 Å². The van der Waals surface area contributed by atoms with Crippen LogP contribution in [0.3, 0.4) is 0 Å². The van der Waals surface area contributed by atoms with Gasteiger partial charge in [0.15, 0.2) is 0 Å². The van der Waals surface area contributed by atoms with Crippen LogP contribution in [0.4, 0.5) is 0 Å². The summed E-state index contributed by atoms with van der Waals surface area (Å²) >= 11 is 0. The average Bonchev–Trinajstić information content (AvgIpc) is 2.45. The van der Waals surface area contributed by atoms with E-state index < -0.39 is 0 Å². The number of hydrogen-bond acceptors (Lipinski definition) is 3. The van der Waals surface area contributed by atoms with Crippen molar-refractivity contribution < 1.29 is 9.53 Å². The molecule has 0 aromatic heterocycles. The summed E-state index contributed by atoms with van der Waals surface area (Å²) in [5.74, 6) is 0.0836. The Morgan fingerprint density at radius 2 is 1.90 bits per heavy atom. The first-order valence-corrected chi connectivity index (χ1v) is 7.59.